The number of carboxylic acids is 1. The maximum absolute atomic E-state index is 10.9. The molecule has 1 rings (SSSR count). The number of aromatic carboxylic acids is 1. The highest BCUT2D eigenvalue weighted by molar-refractivity contribution is 5.93. The van der Waals surface area contributed by atoms with Crippen LogP contribution in [-0.2, 0) is 0 Å². The molecule has 0 radical (unpaired) electrons. The zero-order valence-electron chi connectivity index (χ0n) is 8.87. The van der Waals surface area contributed by atoms with Crippen LogP contribution in [0.5, 0.6) is 0 Å². The number of carbonyl (C=O) groups is 1. The van der Waals surface area contributed by atoms with Crippen molar-refractivity contribution in [3.63, 3.8) is 0 Å². The molecule has 1 heterocycles. The summed E-state index contributed by atoms with van der Waals surface area (Å²) in [5.41, 5.74) is 1.89. The van der Waals surface area contributed by atoms with Crippen LogP contribution in [0.4, 0.5) is 5.82 Å². The highest BCUT2D eigenvalue weighted by atomic mass is 16.4. The van der Waals surface area contributed by atoms with Crippen LogP contribution in [0.15, 0.2) is 24.3 Å². The highest BCUT2D eigenvalue weighted by Gasteiger charge is 2.10. The smallest absolute Gasteiger partial charge is 0.339 e. The van der Waals surface area contributed by atoms with Crippen molar-refractivity contribution in [3.8, 4) is 0 Å². The van der Waals surface area contributed by atoms with Crippen LogP contribution in [-0.4, -0.2) is 22.6 Å². The fourth-order valence-corrected chi connectivity index (χ4v) is 1.10. The third-order valence-electron chi connectivity index (χ3n) is 1.82. The fraction of sp³-hybridized carbons (Fsp3) is 0.273. The van der Waals surface area contributed by atoms with Crippen LogP contribution >= 0.6 is 0 Å². The fourth-order valence-electron chi connectivity index (χ4n) is 1.10. The summed E-state index contributed by atoms with van der Waals surface area (Å²) in [4.78, 5) is 15.0. The van der Waals surface area contributed by atoms with E-state index < -0.39 is 5.97 Å². The first kappa shape index (κ1) is 11.2. The molecule has 1 aromatic heterocycles. The molecule has 0 amide bonds. The molecule has 0 fully saturated rings. The van der Waals surface area contributed by atoms with Gasteiger partial charge in [0.2, 0.25) is 0 Å². The molecule has 15 heavy (non-hydrogen) atoms. The minimum Gasteiger partial charge on any atom is -0.478 e. The number of anilines is 1. The Hall–Kier alpha value is -1.84. The van der Waals surface area contributed by atoms with Crippen molar-refractivity contribution in [2.75, 3.05) is 11.9 Å². The molecule has 4 nitrogen and oxygen atoms in total. The number of hydrogen-bond acceptors (Lipinski definition) is 3. The Bertz CT molecular complexity index is 400. The molecule has 0 saturated heterocycles. The van der Waals surface area contributed by atoms with Gasteiger partial charge in [-0.2, -0.15) is 0 Å². The van der Waals surface area contributed by atoms with Crippen LogP contribution in [0, 0.1) is 6.92 Å². The van der Waals surface area contributed by atoms with Gasteiger partial charge in [0.25, 0.3) is 0 Å². The number of aromatic nitrogens is 1. The summed E-state index contributed by atoms with van der Waals surface area (Å²) in [6.07, 6.45) is 0. The lowest BCUT2D eigenvalue weighted by atomic mass is 10.2. The van der Waals surface area contributed by atoms with E-state index in [1.54, 1.807) is 12.1 Å². The number of nitrogens with one attached hydrogen (secondary N) is 1. The number of hydrogen-bond donors (Lipinski definition) is 2. The molecule has 0 spiro atoms. The highest BCUT2D eigenvalue weighted by Crippen LogP contribution is 2.13. The van der Waals surface area contributed by atoms with Crippen molar-refractivity contribution < 1.29 is 9.90 Å². The Labute approximate surface area is 88.7 Å². The number of aryl methyl sites for hydroxylation is 1. The SMILES string of the molecule is C=C(C)CNc1nc(C)ccc1C(=O)O. The standard InChI is InChI=1S/C11H14N2O2/c1-7(2)6-12-10-9(11(14)15)5-4-8(3)13-10/h4-5H,1,6H2,2-3H3,(H,12,13)(H,14,15). The van der Waals surface area contributed by atoms with Crippen molar-refractivity contribution in [1.82, 2.24) is 4.98 Å². The molecule has 1 aromatic rings. The molecule has 0 aliphatic carbocycles. The van der Waals surface area contributed by atoms with Gasteiger partial charge in [-0.3, -0.25) is 0 Å². The second-order valence-corrected chi connectivity index (χ2v) is 3.46. The van der Waals surface area contributed by atoms with Crippen LogP contribution in [0.2, 0.25) is 0 Å². The second-order valence-electron chi connectivity index (χ2n) is 3.46. The lowest BCUT2D eigenvalue weighted by molar-refractivity contribution is 0.0697. The third kappa shape index (κ3) is 3.09. The van der Waals surface area contributed by atoms with Gasteiger partial charge in [0.15, 0.2) is 0 Å². The Morgan fingerprint density at radius 1 is 1.60 bits per heavy atom. The molecular formula is C11H14N2O2. The van der Waals surface area contributed by atoms with Gasteiger partial charge in [-0.25, -0.2) is 9.78 Å². The molecule has 2 N–H and O–H groups in total. The van der Waals surface area contributed by atoms with Gasteiger partial charge in [-0.1, -0.05) is 12.2 Å². The van der Waals surface area contributed by atoms with Crippen molar-refractivity contribution in [2.24, 2.45) is 0 Å². The summed E-state index contributed by atoms with van der Waals surface area (Å²) < 4.78 is 0. The van der Waals surface area contributed by atoms with E-state index in [2.05, 4.69) is 16.9 Å². The number of rotatable bonds is 4. The summed E-state index contributed by atoms with van der Waals surface area (Å²) in [7, 11) is 0. The molecule has 0 aromatic carbocycles. The second kappa shape index (κ2) is 4.59. The molecule has 0 saturated carbocycles. The summed E-state index contributed by atoms with van der Waals surface area (Å²) >= 11 is 0. The van der Waals surface area contributed by atoms with Gasteiger partial charge in [0.05, 0.1) is 0 Å². The molecule has 0 aliphatic heterocycles. The van der Waals surface area contributed by atoms with Gasteiger partial charge < -0.3 is 10.4 Å². The lowest BCUT2D eigenvalue weighted by Gasteiger charge is -2.08. The maximum Gasteiger partial charge on any atom is 0.339 e. The van der Waals surface area contributed by atoms with Gasteiger partial charge in [-0.05, 0) is 26.0 Å². The average molecular weight is 206 g/mol. The van der Waals surface area contributed by atoms with Crippen molar-refractivity contribution in [3.05, 3.63) is 35.5 Å². The minimum absolute atomic E-state index is 0.182. The van der Waals surface area contributed by atoms with Crippen molar-refractivity contribution >= 4 is 11.8 Å². The minimum atomic E-state index is -0.980. The van der Waals surface area contributed by atoms with Crippen molar-refractivity contribution in [2.45, 2.75) is 13.8 Å². The first-order chi connectivity index (χ1) is 7.00. The van der Waals surface area contributed by atoms with Gasteiger partial charge >= 0.3 is 5.97 Å². The Morgan fingerprint density at radius 2 is 2.27 bits per heavy atom. The summed E-state index contributed by atoms with van der Waals surface area (Å²) in [6, 6.07) is 3.22. The molecule has 4 heteroatoms. The third-order valence-corrected chi connectivity index (χ3v) is 1.82. The molecular weight excluding hydrogens is 192 g/mol. The van der Waals surface area contributed by atoms with E-state index in [1.807, 2.05) is 13.8 Å². The molecule has 80 valence electrons. The summed E-state index contributed by atoms with van der Waals surface area (Å²) in [5, 5.41) is 11.9. The molecule has 0 unspecified atom stereocenters. The largest absolute Gasteiger partial charge is 0.478 e. The summed E-state index contributed by atoms with van der Waals surface area (Å²) in [6.45, 7) is 7.94. The first-order valence-electron chi connectivity index (χ1n) is 4.60. The van der Waals surface area contributed by atoms with E-state index in [9.17, 15) is 4.79 Å². The maximum atomic E-state index is 10.9. The zero-order chi connectivity index (χ0) is 11.4. The van der Waals surface area contributed by atoms with Gasteiger partial charge in [0.1, 0.15) is 11.4 Å². The Morgan fingerprint density at radius 3 is 2.80 bits per heavy atom. The lowest BCUT2D eigenvalue weighted by Crippen LogP contribution is -2.10. The van der Waals surface area contributed by atoms with Crippen LogP contribution in [0.1, 0.15) is 23.0 Å². The number of carboxylic acid groups (broad SMARTS) is 1. The number of nitrogens with zero attached hydrogens (tertiary/aromatic N) is 1. The van der Waals surface area contributed by atoms with E-state index >= 15 is 0 Å². The zero-order valence-corrected chi connectivity index (χ0v) is 8.87. The van der Waals surface area contributed by atoms with Crippen LogP contribution < -0.4 is 5.32 Å². The van der Waals surface area contributed by atoms with E-state index in [0.717, 1.165) is 11.3 Å². The van der Waals surface area contributed by atoms with E-state index in [4.69, 9.17) is 5.11 Å². The predicted molar refractivity (Wildman–Crippen MR) is 59.2 cm³/mol. The normalized spacial score (nSPS) is 9.73. The Balaban J connectivity index is 2.96. The topological polar surface area (TPSA) is 62.2 Å². The van der Waals surface area contributed by atoms with Crippen LogP contribution in [0.25, 0.3) is 0 Å². The van der Waals surface area contributed by atoms with Gasteiger partial charge in [-0.15, -0.1) is 0 Å². The van der Waals surface area contributed by atoms with Crippen LogP contribution in [0.3, 0.4) is 0 Å². The van der Waals surface area contributed by atoms with E-state index in [-0.39, 0.29) is 5.56 Å². The predicted octanol–water partition coefficient (Wildman–Crippen LogP) is 2.08. The monoisotopic (exact) mass is 206 g/mol. The summed E-state index contributed by atoms with van der Waals surface area (Å²) in [5.74, 6) is -0.586. The van der Waals surface area contributed by atoms with Gasteiger partial charge in [0, 0.05) is 12.2 Å². The Kier molecular flexibility index (Phi) is 3.44. The van der Waals surface area contributed by atoms with E-state index in [0.29, 0.717) is 12.4 Å². The average Bonchev–Trinajstić information content (AvgIpc) is 2.14. The van der Waals surface area contributed by atoms with E-state index in [1.165, 1.54) is 0 Å². The first-order valence-corrected chi connectivity index (χ1v) is 4.60. The molecule has 0 atom stereocenters. The molecule has 0 aliphatic rings. The number of pyridine rings is 1. The quantitative estimate of drug-likeness (QED) is 0.740. The molecule has 0 bridgehead atoms. The van der Waals surface area contributed by atoms with Crippen molar-refractivity contribution in [1.29, 1.82) is 0 Å².